The lowest BCUT2D eigenvalue weighted by atomic mass is 9.99. The molecule has 0 bridgehead atoms. The first-order chi connectivity index (χ1) is 13.5. The highest BCUT2D eigenvalue weighted by molar-refractivity contribution is 5.97. The van der Waals surface area contributed by atoms with E-state index >= 15 is 0 Å². The lowest BCUT2D eigenvalue weighted by Crippen LogP contribution is -2.43. The monoisotopic (exact) mass is 381 g/mol. The Morgan fingerprint density at radius 2 is 1.64 bits per heavy atom. The van der Waals surface area contributed by atoms with E-state index in [0.29, 0.717) is 16.9 Å². The summed E-state index contributed by atoms with van der Waals surface area (Å²) in [5.74, 6) is 0.474. The molecule has 0 spiro atoms. The molecular formula is C22H27N3O3. The predicted molar refractivity (Wildman–Crippen MR) is 110 cm³/mol. The minimum absolute atomic E-state index is 0.0489. The molecule has 1 aliphatic heterocycles. The molecule has 2 N–H and O–H groups in total. The van der Waals surface area contributed by atoms with Crippen LogP contribution in [0.25, 0.3) is 11.1 Å². The van der Waals surface area contributed by atoms with Gasteiger partial charge in [-0.3, -0.25) is 9.59 Å². The van der Waals surface area contributed by atoms with Gasteiger partial charge in [-0.25, -0.2) is 0 Å². The minimum atomic E-state index is -0.155. The van der Waals surface area contributed by atoms with Gasteiger partial charge in [0.2, 0.25) is 0 Å². The van der Waals surface area contributed by atoms with Crippen molar-refractivity contribution in [1.29, 1.82) is 0 Å². The molecule has 0 radical (unpaired) electrons. The van der Waals surface area contributed by atoms with Gasteiger partial charge in [0, 0.05) is 29.8 Å². The van der Waals surface area contributed by atoms with Gasteiger partial charge in [0.05, 0.1) is 7.11 Å². The third kappa shape index (κ3) is 4.51. The fraction of sp³-hybridized carbons (Fsp3) is 0.364. The number of piperidine rings is 1. The van der Waals surface area contributed by atoms with Crippen molar-refractivity contribution in [1.82, 2.24) is 15.5 Å². The Kier molecular flexibility index (Phi) is 6.31. The van der Waals surface area contributed by atoms with Gasteiger partial charge in [-0.2, -0.15) is 0 Å². The molecule has 6 nitrogen and oxygen atoms in total. The van der Waals surface area contributed by atoms with E-state index in [1.807, 2.05) is 24.3 Å². The average Bonchev–Trinajstić information content (AvgIpc) is 2.74. The number of hydrogen-bond donors (Lipinski definition) is 2. The average molecular weight is 381 g/mol. The van der Waals surface area contributed by atoms with E-state index in [1.54, 1.807) is 32.4 Å². The zero-order chi connectivity index (χ0) is 20.1. The Balaban J connectivity index is 1.76. The van der Waals surface area contributed by atoms with E-state index in [0.717, 1.165) is 37.1 Å². The molecule has 0 aliphatic carbocycles. The molecule has 0 unspecified atom stereocenters. The van der Waals surface area contributed by atoms with E-state index < -0.39 is 0 Å². The lowest BCUT2D eigenvalue weighted by Gasteiger charge is -2.29. The second-order valence-corrected chi connectivity index (χ2v) is 7.12. The van der Waals surface area contributed by atoms with Crippen molar-refractivity contribution in [2.45, 2.75) is 18.9 Å². The van der Waals surface area contributed by atoms with Crippen LogP contribution in [0.15, 0.2) is 42.5 Å². The highest BCUT2D eigenvalue weighted by Gasteiger charge is 2.19. The minimum Gasteiger partial charge on any atom is -0.496 e. The van der Waals surface area contributed by atoms with E-state index in [2.05, 4.69) is 22.6 Å². The Bertz CT molecular complexity index is 841. The molecule has 1 fully saturated rings. The Labute approximate surface area is 165 Å². The van der Waals surface area contributed by atoms with E-state index in [9.17, 15) is 9.59 Å². The van der Waals surface area contributed by atoms with Gasteiger partial charge in [0.15, 0.2) is 0 Å². The number of carbonyl (C=O) groups is 2. The molecule has 2 aromatic carbocycles. The van der Waals surface area contributed by atoms with Gasteiger partial charge >= 0.3 is 0 Å². The molecule has 1 heterocycles. The summed E-state index contributed by atoms with van der Waals surface area (Å²) in [6.07, 6.45) is 1.95. The second kappa shape index (κ2) is 8.89. The fourth-order valence-electron chi connectivity index (χ4n) is 3.44. The summed E-state index contributed by atoms with van der Waals surface area (Å²) < 4.78 is 5.44. The molecule has 6 heteroatoms. The standard InChI is InChI=1S/C22H27N3O3/c1-23-21(26)17-8-9-20(28-3)19(14-17)15-4-6-16(7-5-15)22(27)24-18-10-12-25(2)13-11-18/h4-9,14,18H,10-13H2,1-3H3,(H,23,26)(H,24,27). The maximum absolute atomic E-state index is 12.5. The van der Waals surface area contributed by atoms with Crippen LogP contribution in [-0.4, -0.2) is 57.1 Å². The van der Waals surface area contributed by atoms with Crippen LogP contribution in [0.3, 0.4) is 0 Å². The molecule has 0 aromatic heterocycles. The number of nitrogens with zero attached hydrogens (tertiary/aromatic N) is 1. The van der Waals surface area contributed by atoms with Crippen molar-refractivity contribution in [3.8, 4) is 16.9 Å². The zero-order valence-corrected chi connectivity index (χ0v) is 16.6. The number of ether oxygens (including phenoxy) is 1. The first-order valence-corrected chi connectivity index (χ1v) is 9.51. The Hall–Kier alpha value is -2.86. The van der Waals surface area contributed by atoms with Gasteiger partial charge in [-0.15, -0.1) is 0 Å². The topological polar surface area (TPSA) is 70.7 Å². The molecular weight excluding hydrogens is 354 g/mol. The van der Waals surface area contributed by atoms with Crippen LogP contribution in [0.2, 0.25) is 0 Å². The van der Waals surface area contributed by atoms with Crippen LogP contribution >= 0.6 is 0 Å². The molecule has 2 amide bonds. The smallest absolute Gasteiger partial charge is 0.251 e. The number of hydrogen-bond acceptors (Lipinski definition) is 4. The van der Waals surface area contributed by atoms with Gasteiger partial charge in [0.25, 0.3) is 11.8 Å². The predicted octanol–water partition coefficient (Wildman–Crippen LogP) is 2.55. The number of methoxy groups -OCH3 is 1. The maximum Gasteiger partial charge on any atom is 0.251 e. The molecule has 0 atom stereocenters. The van der Waals surface area contributed by atoms with Crippen molar-refractivity contribution < 1.29 is 14.3 Å². The third-order valence-corrected chi connectivity index (χ3v) is 5.20. The largest absolute Gasteiger partial charge is 0.496 e. The lowest BCUT2D eigenvalue weighted by molar-refractivity contribution is 0.0915. The number of rotatable bonds is 5. The number of benzene rings is 2. The summed E-state index contributed by atoms with van der Waals surface area (Å²) in [6, 6.07) is 12.9. The van der Waals surface area contributed by atoms with Gasteiger partial charge < -0.3 is 20.3 Å². The van der Waals surface area contributed by atoms with E-state index in [1.165, 1.54) is 0 Å². The summed E-state index contributed by atoms with van der Waals surface area (Å²) in [5, 5.41) is 5.75. The quantitative estimate of drug-likeness (QED) is 0.835. The summed E-state index contributed by atoms with van der Waals surface area (Å²) in [7, 11) is 5.30. The van der Waals surface area contributed by atoms with Crippen molar-refractivity contribution >= 4 is 11.8 Å². The highest BCUT2D eigenvalue weighted by atomic mass is 16.5. The fourth-order valence-corrected chi connectivity index (χ4v) is 3.44. The SMILES string of the molecule is CNC(=O)c1ccc(OC)c(-c2ccc(C(=O)NC3CCN(C)CC3)cc2)c1. The Morgan fingerprint density at radius 1 is 1.00 bits per heavy atom. The molecule has 2 aromatic rings. The number of carbonyl (C=O) groups excluding carboxylic acids is 2. The number of amides is 2. The zero-order valence-electron chi connectivity index (χ0n) is 16.6. The normalized spacial score (nSPS) is 15.1. The molecule has 148 valence electrons. The van der Waals surface area contributed by atoms with Crippen LogP contribution in [0, 0.1) is 0 Å². The molecule has 1 aliphatic rings. The molecule has 0 saturated carbocycles. The van der Waals surface area contributed by atoms with Crippen molar-refractivity contribution in [3.63, 3.8) is 0 Å². The summed E-state index contributed by atoms with van der Waals surface area (Å²) in [5.41, 5.74) is 2.89. The van der Waals surface area contributed by atoms with Crippen molar-refractivity contribution in [2.75, 3.05) is 34.3 Å². The molecule has 28 heavy (non-hydrogen) atoms. The van der Waals surface area contributed by atoms with Crippen LogP contribution in [-0.2, 0) is 0 Å². The van der Waals surface area contributed by atoms with Crippen LogP contribution in [0.4, 0.5) is 0 Å². The third-order valence-electron chi connectivity index (χ3n) is 5.20. The van der Waals surface area contributed by atoms with E-state index in [4.69, 9.17) is 4.74 Å². The Morgan fingerprint density at radius 3 is 2.25 bits per heavy atom. The van der Waals surface area contributed by atoms with Crippen LogP contribution in [0.5, 0.6) is 5.75 Å². The maximum atomic E-state index is 12.5. The van der Waals surface area contributed by atoms with Crippen LogP contribution < -0.4 is 15.4 Å². The van der Waals surface area contributed by atoms with Gasteiger partial charge in [-0.05, 0) is 68.9 Å². The first kappa shape index (κ1) is 19.9. The van der Waals surface area contributed by atoms with Gasteiger partial charge in [-0.1, -0.05) is 12.1 Å². The van der Waals surface area contributed by atoms with Crippen LogP contribution in [0.1, 0.15) is 33.6 Å². The van der Waals surface area contributed by atoms with Crippen molar-refractivity contribution in [3.05, 3.63) is 53.6 Å². The molecule has 3 rings (SSSR count). The number of likely N-dealkylation sites (tertiary alicyclic amines) is 1. The second-order valence-electron chi connectivity index (χ2n) is 7.12. The first-order valence-electron chi connectivity index (χ1n) is 9.51. The van der Waals surface area contributed by atoms with Crippen molar-refractivity contribution in [2.24, 2.45) is 0 Å². The summed E-state index contributed by atoms with van der Waals surface area (Å²) in [4.78, 5) is 26.8. The highest BCUT2D eigenvalue weighted by Crippen LogP contribution is 2.31. The molecule has 1 saturated heterocycles. The summed E-state index contributed by atoms with van der Waals surface area (Å²) in [6.45, 7) is 2.01. The van der Waals surface area contributed by atoms with E-state index in [-0.39, 0.29) is 17.9 Å². The summed E-state index contributed by atoms with van der Waals surface area (Å²) >= 11 is 0. The number of nitrogens with one attached hydrogen (secondary N) is 2. The van der Waals surface area contributed by atoms with Gasteiger partial charge in [0.1, 0.15) is 5.75 Å².